The number of hydrogen-bond donors (Lipinski definition) is 1. The van der Waals surface area contributed by atoms with Crippen LogP contribution in [-0.2, 0) is 11.2 Å². The third kappa shape index (κ3) is 3.69. The van der Waals surface area contributed by atoms with Gasteiger partial charge < -0.3 is 5.11 Å². The number of carboxylic acids is 1. The van der Waals surface area contributed by atoms with Crippen LogP contribution in [0.1, 0.15) is 25.8 Å². The van der Waals surface area contributed by atoms with Gasteiger partial charge in [0.2, 0.25) is 0 Å². The molecule has 0 atom stereocenters. The lowest BCUT2D eigenvalue weighted by molar-refractivity contribution is -0.139. The first-order chi connectivity index (χ1) is 7.32. The standard InChI is InChI=1S/C12H14Cl2O2/c1-12(2,7-11(15)16)6-8-9(13)4-3-5-10(8)14/h3-5H,6-7H2,1-2H3,(H,15,16). The fourth-order valence-corrected chi connectivity index (χ4v) is 2.18. The molecule has 1 N–H and O–H groups in total. The molecular formula is C12H14Cl2O2. The van der Waals surface area contributed by atoms with Crippen molar-refractivity contribution in [1.82, 2.24) is 0 Å². The molecule has 0 aliphatic rings. The molecular weight excluding hydrogens is 247 g/mol. The SMILES string of the molecule is CC(C)(CC(=O)O)Cc1c(Cl)cccc1Cl. The molecule has 2 nitrogen and oxygen atoms in total. The minimum atomic E-state index is -0.812. The van der Waals surface area contributed by atoms with E-state index in [0.717, 1.165) is 5.56 Å². The van der Waals surface area contributed by atoms with Crippen molar-refractivity contribution in [3.8, 4) is 0 Å². The average Bonchev–Trinajstić information content (AvgIpc) is 2.09. The van der Waals surface area contributed by atoms with E-state index < -0.39 is 5.97 Å². The van der Waals surface area contributed by atoms with Gasteiger partial charge in [0.05, 0.1) is 6.42 Å². The molecule has 16 heavy (non-hydrogen) atoms. The van der Waals surface area contributed by atoms with Gasteiger partial charge in [-0.15, -0.1) is 0 Å². The zero-order chi connectivity index (χ0) is 12.3. The summed E-state index contributed by atoms with van der Waals surface area (Å²) in [6.07, 6.45) is 0.645. The largest absolute Gasteiger partial charge is 0.481 e. The summed E-state index contributed by atoms with van der Waals surface area (Å²) < 4.78 is 0. The fraction of sp³-hybridized carbons (Fsp3) is 0.417. The zero-order valence-corrected chi connectivity index (χ0v) is 10.8. The summed E-state index contributed by atoms with van der Waals surface area (Å²) in [5.41, 5.74) is 0.456. The molecule has 0 spiro atoms. The zero-order valence-electron chi connectivity index (χ0n) is 9.26. The van der Waals surface area contributed by atoms with E-state index in [0.29, 0.717) is 16.5 Å². The molecule has 0 bridgehead atoms. The number of rotatable bonds is 4. The van der Waals surface area contributed by atoms with Crippen LogP contribution in [0.4, 0.5) is 0 Å². The van der Waals surface area contributed by atoms with Gasteiger partial charge in [0.25, 0.3) is 0 Å². The maximum Gasteiger partial charge on any atom is 0.303 e. The van der Waals surface area contributed by atoms with Crippen LogP contribution in [0.25, 0.3) is 0 Å². The Labute approximate surface area is 105 Å². The molecule has 1 rings (SSSR count). The summed E-state index contributed by atoms with van der Waals surface area (Å²) in [5.74, 6) is -0.812. The van der Waals surface area contributed by atoms with Crippen molar-refractivity contribution in [2.45, 2.75) is 26.7 Å². The predicted octanol–water partition coefficient (Wildman–Crippen LogP) is 4.04. The van der Waals surface area contributed by atoms with E-state index >= 15 is 0 Å². The average molecular weight is 261 g/mol. The van der Waals surface area contributed by atoms with Crippen molar-refractivity contribution >= 4 is 29.2 Å². The van der Waals surface area contributed by atoms with Crippen molar-refractivity contribution in [3.63, 3.8) is 0 Å². The lowest BCUT2D eigenvalue weighted by Crippen LogP contribution is -2.20. The minimum absolute atomic E-state index is 0.0918. The summed E-state index contributed by atoms with van der Waals surface area (Å²) in [7, 11) is 0. The van der Waals surface area contributed by atoms with Gasteiger partial charge in [0.1, 0.15) is 0 Å². The van der Waals surface area contributed by atoms with Gasteiger partial charge in [-0.2, -0.15) is 0 Å². The highest BCUT2D eigenvalue weighted by molar-refractivity contribution is 6.36. The highest BCUT2D eigenvalue weighted by Gasteiger charge is 2.24. The van der Waals surface area contributed by atoms with Crippen molar-refractivity contribution in [2.24, 2.45) is 5.41 Å². The normalized spacial score (nSPS) is 11.5. The highest BCUT2D eigenvalue weighted by Crippen LogP contribution is 2.33. The Morgan fingerprint density at radius 3 is 2.25 bits per heavy atom. The topological polar surface area (TPSA) is 37.3 Å². The number of carbonyl (C=O) groups is 1. The molecule has 0 heterocycles. The van der Waals surface area contributed by atoms with Gasteiger partial charge in [-0.05, 0) is 29.5 Å². The predicted molar refractivity (Wildman–Crippen MR) is 66.2 cm³/mol. The maximum absolute atomic E-state index is 10.7. The first-order valence-electron chi connectivity index (χ1n) is 4.96. The second-order valence-corrected chi connectivity index (χ2v) is 5.43. The molecule has 0 aliphatic heterocycles. The molecule has 0 amide bonds. The smallest absolute Gasteiger partial charge is 0.303 e. The van der Waals surface area contributed by atoms with Gasteiger partial charge in [0, 0.05) is 10.0 Å². The number of hydrogen-bond acceptors (Lipinski definition) is 1. The molecule has 0 saturated carbocycles. The third-order valence-electron chi connectivity index (χ3n) is 2.35. The summed E-state index contributed by atoms with van der Waals surface area (Å²) in [4.78, 5) is 10.7. The molecule has 0 saturated heterocycles. The van der Waals surface area contributed by atoms with Crippen molar-refractivity contribution < 1.29 is 9.90 Å². The molecule has 0 aromatic heterocycles. The Morgan fingerprint density at radius 2 is 1.81 bits per heavy atom. The Hall–Kier alpha value is -0.730. The molecule has 1 aromatic carbocycles. The van der Waals surface area contributed by atoms with Gasteiger partial charge in [-0.3, -0.25) is 4.79 Å². The number of benzene rings is 1. The lowest BCUT2D eigenvalue weighted by atomic mass is 9.83. The second kappa shape index (κ2) is 5.07. The number of halogens is 2. The maximum atomic E-state index is 10.7. The first-order valence-corrected chi connectivity index (χ1v) is 5.72. The molecule has 0 unspecified atom stereocenters. The highest BCUT2D eigenvalue weighted by atomic mass is 35.5. The molecule has 0 radical (unpaired) electrons. The van der Waals surface area contributed by atoms with E-state index in [1.165, 1.54) is 0 Å². The molecule has 0 fully saturated rings. The van der Waals surface area contributed by atoms with Crippen LogP contribution in [-0.4, -0.2) is 11.1 Å². The van der Waals surface area contributed by atoms with Gasteiger partial charge in [-0.25, -0.2) is 0 Å². The van der Waals surface area contributed by atoms with E-state index in [4.69, 9.17) is 28.3 Å². The Morgan fingerprint density at radius 1 is 1.31 bits per heavy atom. The van der Waals surface area contributed by atoms with Crippen LogP contribution < -0.4 is 0 Å². The summed E-state index contributed by atoms with van der Waals surface area (Å²) in [5, 5.41) is 9.98. The number of carboxylic acid groups (broad SMARTS) is 1. The van der Waals surface area contributed by atoms with E-state index in [1.807, 2.05) is 13.8 Å². The van der Waals surface area contributed by atoms with Crippen LogP contribution in [0.5, 0.6) is 0 Å². The van der Waals surface area contributed by atoms with Gasteiger partial charge in [0.15, 0.2) is 0 Å². The van der Waals surface area contributed by atoms with Crippen molar-refractivity contribution in [3.05, 3.63) is 33.8 Å². The summed E-state index contributed by atoms with van der Waals surface area (Å²) in [6.45, 7) is 3.78. The van der Waals surface area contributed by atoms with Crippen LogP contribution in [0.2, 0.25) is 10.0 Å². The van der Waals surface area contributed by atoms with E-state index in [9.17, 15) is 4.79 Å². The van der Waals surface area contributed by atoms with Crippen molar-refractivity contribution in [2.75, 3.05) is 0 Å². The van der Waals surface area contributed by atoms with Crippen LogP contribution in [0, 0.1) is 5.41 Å². The van der Waals surface area contributed by atoms with Gasteiger partial charge >= 0.3 is 5.97 Å². The number of aliphatic carboxylic acids is 1. The van der Waals surface area contributed by atoms with E-state index in [1.54, 1.807) is 18.2 Å². The van der Waals surface area contributed by atoms with E-state index in [-0.39, 0.29) is 11.8 Å². The Bertz CT molecular complexity index is 380. The Balaban J connectivity index is 2.91. The second-order valence-electron chi connectivity index (χ2n) is 4.61. The van der Waals surface area contributed by atoms with Crippen LogP contribution in [0.15, 0.2) is 18.2 Å². The first kappa shape index (κ1) is 13.3. The fourth-order valence-electron chi connectivity index (χ4n) is 1.65. The lowest BCUT2D eigenvalue weighted by Gasteiger charge is -2.23. The summed E-state index contributed by atoms with van der Waals surface area (Å²) in [6, 6.07) is 5.30. The minimum Gasteiger partial charge on any atom is -0.481 e. The van der Waals surface area contributed by atoms with Crippen LogP contribution in [0.3, 0.4) is 0 Å². The van der Waals surface area contributed by atoms with Crippen molar-refractivity contribution in [1.29, 1.82) is 0 Å². The Kier molecular flexibility index (Phi) is 4.22. The molecule has 88 valence electrons. The summed E-state index contributed by atoms with van der Waals surface area (Å²) >= 11 is 12.1. The quantitative estimate of drug-likeness (QED) is 0.888. The van der Waals surface area contributed by atoms with Gasteiger partial charge in [-0.1, -0.05) is 43.1 Å². The van der Waals surface area contributed by atoms with Crippen LogP contribution >= 0.6 is 23.2 Å². The molecule has 0 aliphatic carbocycles. The molecule has 4 heteroatoms. The molecule has 1 aromatic rings. The monoisotopic (exact) mass is 260 g/mol. The van der Waals surface area contributed by atoms with E-state index in [2.05, 4.69) is 0 Å². The third-order valence-corrected chi connectivity index (χ3v) is 3.06.